The molecule has 0 aromatic carbocycles. The van der Waals surface area contributed by atoms with Crippen molar-refractivity contribution in [2.75, 3.05) is 6.54 Å². The van der Waals surface area contributed by atoms with Gasteiger partial charge in [0.25, 0.3) is 0 Å². The molecule has 0 saturated carbocycles. The smallest absolute Gasteiger partial charge is 0.303 e. The molecule has 1 aliphatic carbocycles. The van der Waals surface area contributed by atoms with E-state index in [-0.39, 0.29) is 5.78 Å². The quantitative estimate of drug-likeness (QED) is 0.496. The van der Waals surface area contributed by atoms with Gasteiger partial charge in [-0.05, 0) is 38.0 Å². The van der Waals surface area contributed by atoms with Crippen LogP contribution < -0.4 is 5.73 Å². The molecule has 1 unspecified atom stereocenters. The van der Waals surface area contributed by atoms with Gasteiger partial charge in [-0.15, -0.1) is 0 Å². The molecule has 0 bridgehead atoms. The Balaban J connectivity index is 2.31. The molecule has 118 valence electrons. The Bertz CT molecular complexity index is 401. The van der Waals surface area contributed by atoms with Gasteiger partial charge in [0, 0.05) is 6.92 Å². The molecular weight excluding hydrogens is 266 g/mol. The number of carbonyl (C=O) groups excluding carboxylic acids is 2. The molecule has 0 radical (unpaired) electrons. The van der Waals surface area contributed by atoms with Crippen LogP contribution in [0.3, 0.4) is 0 Å². The van der Waals surface area contributed by atoms with Gasteiger partial charge in [-0.2, -0.15) is 0 Å². The van der Waals surface area contributed by atoms with Crippen LogP contribution in [0, 0.1) is 0 Å². The lowest BCUT2D eigenvalue weighted by Gasteiger charge is -2.29. The second-order valence-corrected chi connectivity index (χ2v) is 5.58. The lowest BCUT2D eigenvalue weighted by molar-refractivity contribution is -0.159. The van der Waals surface area contributed by atoms with Crippen molar-refractivity contribution in [3.8, 4) is 0 Å². The van der Waals surface area contributed by atoms with Gasteiger partial charge in [0.15, 0.2) is 5.60 Å². The number of nitrogens with two attached hydrogens (primary N) is 1. The van der Waals surface area contributed by atoms with Crippen molar-refractivity contribution in [1.82, 2.24) is 0 Å². The largest absolute Gasteiger partial charge is 0.447 e. The first kappa shape index (κ1) is 17.6. The maximum atomic E-state index is 12.1. The van der Waals surface area contributed by atoms with Crippen LogP contribution in [0.2, 0.25) is 0 Å². The van der Waals surface area contributed by atoms with Crippen LogP contribution in [0.5, 0.6) is 0 Å². The van der Waals surface area contributed by atoms with Gasteiger partial charge >= 0.3 is 5.97 Å². The zero-order valence-electron chi connectivity index (χ0n) is 13.0. The molecule has 0 aromatic heterocycles. The molecule has 1 atom stereocenters. The Kier molecular flexibility index (Phi) is 7.98. The average Bonchev–Trinajstić information content (AvgIpc) is 2.44. The summed E-state index contributed by atoms with van der Waals surface area (Å²) in [5.41, 5.74) is 4.39. The normalized spacial score (nSPS) is 20.8. The number of hydrogen-bond acceptors (Lipinski definition) is 4. The van der Waals surface area contributed by atoms with Gasteiger partial charge in [0.05, 0.1) is 0 Å². The van der Waals surface area contributed by atoms with Crippen LogP contribution in [0.4, 0.5) is 0 Å². The Hall–Kier alpha value is -1.42. The Morgan fingerprint density at radius 3 is 2.29 bits per heavy atom. The molecule has 0 aliphatic heterocycles. The van der Waals surface area contributed by atoms with Gasteiger partial charge in [0.2, 0.25) is 5.78 Å². The van der Waals surface area contributed by atoms with Crippen molar-refractivity contribution in [2.45, 2.75) is 63.9 Å². The summed E-state index contributed by atoms with van der Waals surface area (Å²) in [5, 5.41) is 0. The molecule has 4 nitrogen and oxygen atoms in total. The fraction of sp³-hybridized carbons (Fsp3) is 0.647. The predicted octanol–water partition coefficient (Wildman–Crippen LogP) is 3.06. The lowest BCUT2D eigenvalue weighted by Crippen LogP contribution is -2.41. The van der Waals surface area contributed by atoms with Crippen LogP contribution in [0.1, 0.15) is 58.3 Å². The van der Waals surface area contributed by atoms with Crippen molar-refractivity contribution in [3.63, 3.8) is 0 Å². The molecule has 1 aliphatic rings. The summed E-state index contributed by atoms with van der Waals surface area (Å²) < 4.78 is 5.31. The Morgan fingerprint density at radius 2 is 1.71 bits per heavy atom. The minimum absolute atomic E-state index is 0.136. The average molecular weight is 293 g/mol. The van der Waals surface area contributed by atoms with Crippen molar-refractivity contribution < 1.29 is 14.3 Å². The highest BCUT2D eigenvalue weighted by Gasteiger charge is 2.37. The molecule has 2 N–H and O–H groups in total. The van der Waals surface area contributed by atoms with Crippen LogP contribution in [-0.4, -0.2) is 23.9 Å². The summed E-state index contributed by atoms with van der Waals surface area (Å²) in [7, 11) is 0. The molecule has 0 saturated heterocycles. The zero-order chi connectivity index (χ0) is 15.6. The van der Waals surface area contributed by atoms with Crippen molar-refractivity contribution in [1.29, 1.82) is 0 Å². The second-order valence-electron chi connectivity index (χ2n) is 5.58. The number of ether oxygens (including phenoxy) is 1. The van der Waals surface area contributed by atoms with E-state index in [1.54, 1.807) is 18.2 Å². The summed E-state index contributed by atoms with van der Waals surface area (Å²) in [6.45, 7) is 2.12. The highest BCUT2D eigenvalue weighted by molar-refractivity contribution is 6.01. The van der Waals surface area contributed by atoms with Crippen LogP contribution in [0.25, 0.3) is 0 Å². The van der Waals surface area contributed by atoms with E-state index in [2.05, 4.69) is 0 Å². The Labute approximate surface area is 127 Å². The third kappa shape index (κ3) is 6.25. The van der Waals surface area contributed by atoms with E-state index < -0.39 is 11.6 Å². The number of rotatable bonds is 10. The summed E-state index contributed by atoms with van der Waals surface area (Å²) in [4.78, 5) is 23.3. The van der Waals surface area contributed by atoms with Gasteiger partial charge in [-0.25, -0.2) is 0 Å². The highest BCUT2D eigenvalue weighted by Crippen LogP contribution is 2.26. The first-order valence-electron chi connectivity index (χ1n) is 7.91. The van der Waals surface area contributed by atoms with Gasteiger partial charge in [0.1, 0.15) is 0 Å². The molecular formula is C17H27NO3. The minimum atomic E-state index is -1.07. The zero-order valence-corrected chi connectivity index (χ0v) is 13.0. The molecule has 1 rings (SSSR count). The molecule has 0 heterocycles. The van der Waals surface area contributed by atoms with Gasteiger partial charge < -0.3 is 10.5 Å². The van der Waals surface area contributed by atoms with E-state index in [1.165, 1.54) is 32.3 Å². The Morgan fingerprint density at radius 1 is 1.10 bits per heavy atom. The van der Waals surface area contributed by atoms with E-state index in [0.717, 1.165) is 32.2 Å². The SMILES string of the molecule is CC(=O)OC1(CCCCCCCCCN)C=CC=CC1=O. The van der Waals surface area contributed by atoms with E-state index in [1.807, 2.05) is 0 Å². The summed E-state index contributed by atoms with van der Waals surface area (Å²) >= 11 is 0. The first-order valence-corrected chi connectivity index (χ1v) is 7.91. The summed E-state index contributed by atoms with van der Waals surface area (Å²) in [6.07, 6.45) is 15.0. The molecule has 0 spiro atoms. The molecule has 4 heteroatoms. The van der Waals surface area contributed by atoms with Gasteiger partial charge in [-0.1, -0.05) is 44.3 Å². The fourth-order valence-corrected chi connectivity index (χ4v) is 2.59. The second kappa shape index (κ2) is 9.50. The number of unbranched alkanes of at least 4 members (excludes halogenated alkanes) is 6. The molecule has 0 fully saturated rings. The topological polar surface area (TPSA) is 69.4 Å². The fourth-order valence-electron chi connectivity index (χ4n) is 2.59. The maximum Gasteiger partial charge on any atom is 0.303 e. The number of esters is 1. The number of allylic oxidation sites excluding steroid dienone is 2. The number of carbonyl (C=O) groups is 2. The molecule has 21 heavy (non-hydrogen) atoms. The third-order valence-electron chi connectivity index (χ3n) is 3.72. The minimum Gasteiger partial charge on any atom is -0.447 e. The van der Waals surface area contributed by atoms with Crippen molar-refractivity contribution in [2.24, 2.45) is 5.73 Å². The third-order valence-corrected chi connectivity index (χ3v) is 3.72. The summed E-state index contributed by atoms with van der Waals surface area (Å²) in [6, 6.07) is 0. The molecule has 0 amide bonds. The van der Waals surface area contributed by atoms with E-state index in [4.69, 9.17) is 10.5 Å². The van der Waals surface area contributed by atoms with Crippen LogP contribution in [0.15, 0.2) is 24.3 Å². The maximum absolute atomic E-state index is 12.1. The molecule has 0 aromatic rings. The predicted molar refractivity (Wildman–Crippen MR) is 83.8 cm³/mol. The van der Waals surface area contributed by atoms with E-state index >= 15 is 0 Å². The highest BCUT2D eigenvalue weighted by atomic mass is 16.6. The van der Waals surface area contributed by atoms with E-state index in [0.29, 0.717) is 6.42 Å². The van der Waals surface area contributed by atoms with Crippen LogP contribution >= 0.6 is 0 Å². The standard InChI is InChI=1S/C17H27NO3/c1-15(19)21-17(13-9-7-11-16(17)20)12-8-5-3-2-4-6-10-14-18/h7,9,11,13H,2-6,8,10,12,14,18H2,1H3. The van der Waals surface area contributed by atoms with Crippen molar-refractivity contribution in [3.05, 3.63) is 24.3 Å². The van der Waals surface area contributed by atoms with Gasteiger partial charge in [-0.3, -0.25) is 9.59 Å². The van der Waals surface area contributed by atoms with Crippen LogP contribution in [-0.2, 0) is 14.3 Å². The summed E-state index contributed by atoms with van der Waals surface area (Å²) in [5.74, 6) is -0.548. The van der Waals surface area contributed by atoms with E-state index in [9.17, 15) is 9.59 Å². The lowest BCUT2D eigenvalue weighted by atomic mass is 9.87. The number of ketones is 1. The van der Waals surface area contributed by atoms with Crippen molar-refractivity contribution >= 4 is 11.8 Å². The number of hydrogen-bond donors (Lipinski definition) is 1. The first-order chi connectivity index (χ1) is 10.1. The monoisotopic (exact) mass is 293 g/mol.